The average molecular weight is 371 g/mol. The summed E-state index contributed by atoms with van der Waals surface area (Å²) in [7, 11) is 1.88. The maximum atomic E-state index is 12.5. The Morgan fingerprint density at radius 1 is 1.11 bits per heavy atom. The molecule has 1 aromatic carbocycles. The van der Waals surface area contributed by atoms with Crippen LogP contribution in [-0.2, 0) is 20.9 Å². The van der Waals surface area contributed by atoms with Gasteiger partial charge in [-0.15, -0.1) is 0 Å². The van der Waals surface area contributed by atoms with E-state index in [2.05, 4.69) is 10.6 Å². The molecule has 0 aromatic heterocycles. The van der Waals surface area contributed by atoms with Crippen LogP contribution in [0.5, 0.6) is 0 Å². The van der Waals surface area contributed by atoms with E-state index in [4.69, 9.17) is 0 Å². The number of likely N-dealkylation sites (tertiary alicyclic amines) is 1. The molecule has 1 aliphatic heterocycles. The molecule has 1 saturated heterocycles. The predicted molar refractivity (Wildman–Crippen MR) is 104 cm³/mol. The highest BCUT2D eigenvalue weighted by Gasteiger charge is 2.37. The molecule has 2 N–H and O–H groups in total. The fourth-order valence-electron chi connectivity index (χ4n) is 4.03. The minimum absolute atomic E-state index is 0.0294. The summed E-state index contributed by atoms with van der Waals surface area (Å²) in [5, 5.41) is 6.11. The largest absolute Gasteiger partial charge is 0.388 e. The molecule has 1 unspecified atom stereocenters. The number of nitrogens with one attached hydrogen (secondary N) is 2. The van der Waals surface area contributed by atoms with Gasteiger partial charge in [0, 0.05) is 44.1 Å². The number of hydrogen-bond acceptors (Lipinski definition) is 4. The monoisotopic (exact) mass is 371 g/mol. The van der Waals surface area contributed by atoms with Gasteiger partial charge in [0.2, 0.25) is 17.7 Å². The molecular weight excluding hydrogens is 342 g/mol. The van der Waals surface area contributed by atoms with Crippen molar-refractivity contribution in [3.63, 3.8) is 0 Å². The van der Waals surface area contributed by atoms with Gasteiger partial charge in [-0.25, -0.2) is 0 Å². The number of carbonyl (C=O) groups is 3. The molecule has 0 radical (unpaired) electrons. The van der Waals surface area contributed by atoms with E-state index < -0.39 is 0 Å². The lowest BCUT2D eigenvalue weighted by atomic mass is 9.81. The maximum absolute atomic E-state index is 12.5. The molecule has 2 fully saturated rings. The molecule has 3 amide bonds. The van der Waals surface area contributed by atoms with Gasteiger partial charge in [-0.2, -0.15) is 0 Å². The number of imide groups is 1. The summed E-state index contributed by atoms with van der Waals surface area (Å²) in [6, 6.07) is 8.01. The van der Waals surface area contributed by atoms with Crippen LogP contribution in [-0.4, -0.2) is 36.2 Å². The van der Waals surface area contributed by atoms with Crippen molar-refractivity contribution in [3.05, 3.63) is 29.8 Å². The number of hydrogen-bond donors (Lipinski definition) is 2. The lowest BCUT2D eigenvalue weighted by Crippen LogP contribution is -2.38. The number of nitrogens with zero attached hydrogens (tertiary/aromatic N) is 1. The van der Waals surface area contributed by atoms with Crippen molar-refractivity contribution in [3.8, 4) is 0 Å². The maximum Gasteiger partial charge on any atom is 0.232 e. The third kappa shape index (κ3) is 4.67. The third-order valence-corrected chi connectivity index (χ3v) is 5.84. The highest BCUT2D eigenvalue weighted by Crippen LogP contribution is 2.31. The van der Waals surface area contributed by atoms with Crippen LogP contribution in [0.15, 0.2) is 24.3 Å². The molecule has 1 aromatic rings. The minimum Gasteiger partial charge on any atom is -0.388 e. The standard InChI is InChI=1S/C21H29N3O3/c1-14-11-19(25)24(21(14)27)13-16-3-7-17(8-4-16)20(26)23-12-15-5-9-18(22-2)10-6-15/h5-6,9-10,14,16-17,22H,3-4,7-8,11-13H2,1-2H3,(H,23,26). The van der Waals surface area contributed by atoms with Crippen LogP contribution in [0.25, 0.3) is 0 Å². The highest BCUT2D eigenvalue weighted by atomic mass is 16.2. The second-order valence-corrected chi connectivity index (χ2v) is 7.83. The number of amides is 3. The summed E-state index contributed by atoms with van der Waals surface area (Å²) in [4.78, 5) is 37.9. The first-order valence-electron chi connectivity index (χ1n) is 9.86. The van der Waals surface area contributed by atoms with Crippen molar-refractivity contribution in [1.29, 1.82) is 0 Å². The quantitative estimate of drug-likeness (QED) is 0.754. The van der Waals surface area contributed by atoms with Crippen molar-refractivity contribution >= 4 is 23.4 Å². The Balaban J connectivity index is 1.42. The fourth-order valence-corrected chi connectivity index (χ4v) is 4.03. The highest BCUT2D eigenvalue weighted by molar-refractivity contribution is 6.03. The van der Waals surface area contributed by atoms with E-state index in [1.807, 2.05) is 38.2 Å². The molecule has 1 heterocycles. The zero-order valence-corrected chi connectivity index (χ0v) is 16.2. The molecule has 2 aliphatic rings. The number of carbonyl (C=O) groups excluding carboxylic acids is 3. The molecule has 1 aliphatic carbocycles. The normalized spacial score (nSPS) is 25.6. The van der Waals surface area contributed by atoms with Gasteiger partial charge in [-0.1, -0.05) is 19.1 Å². The van der Waals surface area contributed by atoms with Gasteiger partial charge in [0.25, 0.3) is 0 Å². The summed E-state index contributed by atoms with van der Waals surface area (Å²) in [6.07, 6.45) is 3.76. The van der Waals surface area contributed by atoms with Gasteiger partial charge in [-0.3, -0.25) is 19.3 Å². The topological polar surface area (TPSA) is 78.5 Å². The minimum atomic E-state index is -0.179. The second kappa shape index (κ2) is 8.55. The number of benzene rings is 1. The van der Waals surface area contributed by atoms with Crippen molar-refractivity contribution in [2.24, 2.45) is 17.8 Å². The van der Waals surface area contributed by atoms with Crippen LogP contribution in [0.2, 0.25) is 0 Å². The van der Waals surface area contributed by atoms with Crippen LogP contribution in [0.4, 0.5) is 5.69 Å². The lowest BCUT2D eigenvalue weighted by Gasteiger charge is -2.30. The molecule has 1 saturated carbocycles. The summed E-state index contributed by atoms with van der Waals surface area (Å²) in [5.41, 5.74) is 2.13. The van der Waals surface area contributed by atoms with E-state index in [0.717, 1.165) is 36.9 Å². The fraction of sp³-hybridized carbons (Fsp3) is 0.571. The first-order valence-corrected chi connectivity index (χ1v) is 9.86. The number of anilines is 1. The summed E-state index contributed by atoms with van der Waals surface area (Å²) < 4.78 is 0. The predicted octanol–water partition coefficient (Wildman–Crippen LogP) is 2.55. The smallest absolute Gasteiger partial charge is 0.232 e. The van der Waals surface area contributed by atoms with Crippen LogP contribution in [0.1, 0.15) is 44.6 Å². The zero-order valence-electron chi connectivity index (χ0n) is 16.2. The summed E-state index contributed by atoms with van der Waals surface area (Å²) in [6.45, 7) is 2.87. The van der Waals surface area contributed by atoms with E-state index >= 15 is 0 Å². The Morgan fingerprint density at radius 2 is 1.78 bits per heavy atom. The first-order chi connectivity index (χ1) is 13.0. The van der Waals surface area contributed by atoms with E-state index in [1.165, 1.54) is 4.90 Å². The van der Waals surface area contributed by atoms with Crippen LogP contribution < -0.4 is 10.6 Å². The van der Waals surface area contributed by atoms with Crippen LogP contribution in [0.3, 0.4) is 0 Å². The summed E-state index contributed by atoms with van der Waals surface area (Å²) >= 11 is 0. The Bertz CT molecular complexity index is 693. The van der Waals surface area contributed by atoms with Gasteiger partial charge >= 0.3 is 0 Å². The molecule has 0 bridgehead atoms. The summed E-state index contributed by atoms with van der Waals surface area (Å²) in [5.74, 6) is 0.193. The Morgan fingerprint density at radius 3 is 2.33 bits per heavy atom. The van der Waals surface area contributed by atoms with Crippen LogP contribution in [0, 0.1) is 17.8 Å². The molecule has 1 atom stereocenters. The number of rotatable bonds is 6. The molecule has 27 heavy (non-hydrogen) atoms. The third-order valence-electron chi connectivity index (χ3n) is 5.84. The Labute approximate surface area is 160 Å². The Hall–Kier alpha value is -2.37. The van der Waals surface area contributed by atoms with Crippen LogP contribution >= 0.6 is 0 Å². The Kier molecular flexibility index (Phi) is 6.14. The van der Waals surface area contributed by atoms with E-state index in [-0.39, 0.29) is 29.6 Å². The van der Waals surface area contributed by atoms with Gasteiger partial charge < -0.3 is 10.6 Å². The zero-order chi connectivity index (χ0) is 19.4. The van der Waals surface area contributed by atoms with Crippen molar-refractivity contribution in [2.75, 3.05) is 18.9 Å². The molecular formula is C21H29N3O3. The SMILES string of the molecule is CNc1ccc(CNC(=O)C2CCC(CN3C(=O)CC(C)C3=O)CC2)cc1. The van der Waals surface area contributed by atoms with Crippen molar-refractivity contribution in [1.82, 2.24) is 10.2 Å². The van der Waals surface area contributed by atoms with Gasteiger partial charge in [-0.05, 0) is 49.3 Å². The molecule has 146 valence electrons. The van der Waals surface area contributed by atoms with Gasteiger partial charge in [0.1, 0.15) is 0 Å². The van der Waals surface area contributed by atoms with Gasteiger partial charge in [0.15, 0.2) is 0 Å². The molecule has 3 rings (SSSR count). The average Bonchev–Trinajstić information content (AvgIpc) is 2.93. The van der Waals surface area contributed by atoms with Crippen molar-refractivity contribution < 1.29 is 14.4 Å². The lowest BCUT2D eigenvalue weighted by molar-refractivity contribution is -0.140. The first kappa shape index (κ1) is 19.4. The van der Waals surface area contributed by atoms with Gasteiger partial charge in [0.05, 0.1) is 0 Å². The van der Waals surface area contributed by atoms with E-state index in [1.54, 1.807) is 0 Å². The molecule has 6 nitrogen and oxygen atoms in total. The molecule has 6 heteroatoms. The second-order valence-electron chi connectivity index (χ2n) is 7.83. The van der Waals surface area contributed by atoms with E-state index in [9.17, 15) is 14.4 Å². The van der Waals surface area contributed by atoms with Crippen molar-refractivity contribution in [2.45, 2.75) is 45.6 Å². The van der Waals surface area contributed by atoms with E-state index in [0.29, 0.717) is 25.4 Å². The molecule has 0 spiro atoms.